The van der Waals surface area contributed by atoms with E-state index >= 15 is 0 Å². The first-order valence-corrected chi connectivity index (χ1v) is 11.5. The number of aryl methyl sites for hydroxylation is 1. The Hall–Kier alpha value is -2.12. The molecule has 3 heterocycles. The molecule has 4 rings (SSSR count). The third-order valence-electron chi connectivity index (χ3n) is 5.20. The number of rotatable bonds is 1. The molecule has 1 aliphatic heterocycles. The largest absolute Gasteiger partial charge is 0.444 e. The highest BCUT2D eigenvalue weighted by Gasteiger charge is 2.39. The average molecular weight is 430 g/mol. The number of anilines is 1. The molecule has 154 valence electrons. The van der Waals surface area contributed by atoms with Crippen molar-refractivity contribution >= 4 is 44.0 Å². The van der Waals surface area contributed by atoms with E-state index in [1.807, 2.05) is 25.7 Å². The van der Waals surface area contributed by atoms with Crippen LogP contribution in [0.5, 0.6) is 0 Å². The number of thiophene rings is 1. The Morgan fingerprint density at radius 1 is 1.28 bits per heavy atom. The third-order valence-corrected chi connectivity index (χ3v) is 7.48. The standard InChI is InChI=1S/C22H27N3O2S2/c1-11-7-8-16-15(9-11)24-20(28-16)17-14-10-12(2)25(21(26)27-22(4,5)6)13(3)18(14)29-19(17)23/h7-9,12-13H,10,23H2,1-6H3. The van der Waals surface area contributed by atoms with Gasteiger partial charge in [0.15, 0.2) is 0 Å². The highest BCUT2D eigenvalue weighted by molar-refractivity contribution is 7.22. The molecule has 29 heavy (non-hydrogen) atoms. The molecule has 1 aliphatic rings. The van der Waals surface area contributed by atoms with E-state index in [2.05, 4.69) is 39.0 Å². The number of hydrogen-bond acceptors (Lipinski definition) is 6. The Morgan fingerprint density at radius 3 is 2.69 bits per heavy atom. The molecule has 0 saturated carbocycles. The minimum absolute atomic E-state index is 0.0247. The fourth-order valence-electron chi connectivity index (χ4n) is 3.98. The molecule has 2 aromatic heterocycles. The summed E-state index contributed by atoms with van der Waals surface area (Å²) in [6.45, 7) is 11.9. The molecule has 0 fully saturated rings. The average Bonchev–Trinajstić information content (AvgIpc) is 3.12. The lowest BCUT2D eigenvalue weighted by Crippen LogP contribution is -2.46. The molecule has 3 aromatic rings. The number of hydrogen-bond donors (Lipinski definition) is 1. The van der Waals surface area contributed by atoms with Crippen molar-refractivity contribution in [1.82, 2.24) is 9.88 Å². The number of nitrogens with two attached hydrogens (primary N) is 1. The molecule has 5 nitrogen and oxygen atoms in total. The summed E-state index contributed by atoms with van der Waals surface area (Å²) in [5.41, 5.74) is 10.5. The summed E-state index contributed by atoms with van der Waals surface area (Å²) in [7, 11) is 0. The van der Waals surface area contributed by atoms with Gasteiger partial charge in [0.1, 0.15) is 10.6 Å². The van der Waals surface area contributed by atoms with Gasteiger partial charge >= 0.3 is 6.09 Å². The number of nitrogens with zero attached hydrogens (tertiary/aromatic N) is 2. The van der Waals surface area contributed by atoms with Crippen LogP contribution in [-0.2, 0) is 11.2 Å². The second kappa shape index (κ2) is 6.99. The van der Waals surface area contributed by atoms with Crippen LogP contribution < -0.4 is 5.73 Å². The molecule has 2 unspecified atom stereocenters. The summed E-state index contributed by atoms with van der Waals surface area (Å²) in [5, 5.41) is 1.74. The fourth-order valence-corrected chi connectivity index (χ4v) is 6.23. The van der Waals surface area contributed by atoms with Crippen molar-refractivity contribution in [1.29, 1.82) is 0 Å². The number of ether oxygens (including phenoxy) is 1. The van der Waals surface area contributed by atoms with Crippen LogP contribution in [0, 0.1) is 6.92 Å². The van der Waals surface area contributed by atoms with Crippen LogP contribution in [0.2, 0.25) is 0 Å². The number of nitrogen functional groups attached to an aromatic ring is 1. The monoisotopic (exact) mass is 429 g/mol. The molecule has 0 spiro atoms. The predicted molar refractivity (Wildman–Crippen MR) is 122 cm³/mol. The van der Waals surface area contributed by atoms with E-state index in [1.165, 1.54) is 11.1 Å². The van der Waals surface area contributed by atoms with E-state index in [0.29, 0.717) is 0 Å². The normalized spacial score (nSPS) is 19.4. The molecule has 0 bridgehead atoms. The summed E-state index contributed by atoms with van der Waals surface area (Å²) >= 11 is 3.25. The Morgan fingerprint density at radius 2 is 2.00 bits per heavy atom. The molecule has 2 N–H and O–H groups in total. The second-order valence-corrected chi connectivity index (χ2v) is 10.9. The van der Waals surface area contributed by atoms with Gasteiger partial charge in [-0.05, 0) is 71.2 Å². The summed E-state index contributed by atoms with van der Waals surface area (Å²) in [5.74, 6) is 0. The van der Waals surface area contributed by atoms with E-state index in [0.717, 1.165) is 37.1 Å². The van der Waals surface area contributed by atoms with Crippen molar-refractivity contribution in [2.45, 2.75) is 65.6 Å². The van der Waals surface area contributed by atoms with Gasteiger partial charge in [-0.3, -0.25) is 4.90 Å². The van der Waals surface area contributed by atoms with Gasteiger partial charge < -0.3 is 10.5 Å². The molecule has 0 radical (unpaired) electrons. The molecule has 1 aromatic carbocycles. The van der Waals surface area contributed by atoms with Gasteiger partial charge in [-0.15, -0.1) is 22.7 Å². The van der Waals surface area contributed by atoms with Crippen LogP contribution in [0.15, 0.2) is 18.2 Å². The van der Waals surface area contributed by atoms with Crippen LogP contribution in [-0.4, -0.2) is 27.6 Å². The maximum atomic E-state index is 12.8. The highest BCUT2D eigenvalue weighted by Crippen LogP contribution is 2.48. The number of aromatic nitrogens is 1. The lowest BCUT2D eigenvalue weighted by Gasteiger charge is -2.39. The van der Waals surface area contributed by atoms with Gasteiger partial charge in [0.2, 0.25) is 0 Å². The first-order chi connectivity index (χ1) is 13.5. The number of carbonyl (C=O) groups is 1. The van der Waals surface area contributed by atoms with Crippen molar-refractivity contribution < 1.29 is 9.53 Å². The third kappa shape index (κ3) is 3.62. The fraction of sp³-hybridized carbons (Fsp3) is 0.455. The Bertz CT molecular complexity index is 1090. The van der Waals surface area contributed by atoms with E-state index in [4.69, 9.17) is 15.5 Å². The van der Waals surface area contributed by atoms with Crippen LogP contribution >= 0.6 is 22.7 Å². The lowest BCUT2D eigenvalue weighted by atomic mass is 9.93. The first-order valence-electron chi connectivity index (χ1n) is 9.85. The number of benzene rings is 1. The molecule has 0 saturated heterocycles. The van der Waals surface area contributed by atoms with Gasteiger partial charge in [0, 0.05) is 16.5 Å². The topological polar surface area (TPSA) is 68.5 Å². The van der Waals surface area contributed by atoms with Crippen molar-refractivity contribution in [3.05, 3.63) is 34.2 Å². The molecule has 0 aliphatic carbocycles. The van der Waals surface area contributed by atoms with E-state index in [-0.39, 0.29) is 18.2 Å². The van der Waals surface area contributed by atoms with Gasteiger partial charge in [-0.25, -0.2) is 9.78 Å². The zero-order valence-corrected chi connectivity index (χ0v) is 19.3. The van der Waals surface area contributed by atoms with Crippen LogP contribution in [0.25, 0.3) is 20.8 Å². The number of thiazole rings is 1. The molecule has 1 amide bonds. The number of amides is 1. The second-order valence-electron chi connectivity index (χ2n) is 8.79. The van der Waals surface area contributed by atoms with Crippen molar-refractivity contribution in [3.8, 4) is 10.6 Å². The Kier molecular flexibility index (Phi) is 4.86. The van der Waals surface area contributed by atoms with Crippen LogP contribution in [0.1, 0.15) is 56.7 Å². The summed E-state index contributed by atoms with van der Waals surface area (Å²) in [4.78, 5) is 20.7. The summed E-state index contributed by atoms with van der Waals surface area (Å²) in [6, 6.07) is 6.29. The predicted octanol–water partition coefficient (Wildman–Crippen LogP) is 6.16. The zero-order valence-electron chi connectivity index (χ0n) is 17.7. The zero-order chi connectivity index (χ0) is 21.1. The molecule has 7 heteroatoms. The van der Waals surface area contributed by atoms with Gasteiger partial charge in [-0.2, -0.15) is 0 Å². The molecular weight excluding hydrogens is 402 g/mol. The number of carbonyl (C=O) groups excluding carboxylic acids is 1. The molecular formula is C22H27N3O2S2. The first kappa shape index (κ1) is 20.2. The van der Waals surface area contributed by atoms with Gasteiger partial charge in [0.05, 0.1) is 21.3 Å². The minimum atomic E-state index is -0.518. The quantitative estimate of drug-likeness (QED) is 0.503. The summed E-state index contributed by atoms with van der Waals surface area (Å²) < 4.78 is 6.82. The minimum Gasteiger partial charge on any atom is -0.444 e. The Labute approximate surface area is 179 Å². The maximum absolute atomic E-state index is 12.8. The highest BCUT2D eigenvalue weighted by atomic mass is 32.1. The van der Waals surface area contributed by atoms with Crippen LogP contribution in [0.3, 0.4) is 0 Å². The molecule has 2 atom stereocenters. The smallest absolute Gasteiger partial charge is 0.411 e. The van der Waals surface area contributed by atoms with E-state index < -0.39 is 5.60 Å². The van der Waals surface area contributed by atoms with Gasteiger partial charge in [0.25, 0.3) is 0 Å². The summed E-state index contributed by atoms with van der Waals surface area (Å²) in [6.07, 6.45) is 0.476. The Balaban J connectivity index is 1.75. The van der Waals surface area contributed by atoms with E-state index in [1.54, 1.807) is 22.7 Å². The SMILES string of the molecule is Cc1ccc2sc(-c3c(N)sc4c3CC(C)N(C(=O)OC(C)(C)C)C4C)nc2c1. The van der Waals surface area contributed by atoms with Crippen molar-refractivity contribution in [2.24, 2.45) is 0 Å². The lowest BCUT2D eigenvalue weighted by molar-refractivity contribution is 0.00638. The van der Waals surface area contributed by atoms with Crippen molar-refractivity contribution in [2.75, 3.05) is 5.73 Å². The van der Waals surface area contributed by atoms with Crippen molar-refractivity contribution in [3.63, 3.8) is 0 Å². The van der Waals surface area contributed by atoms with Crippen LogP contribution in [0.4, 0.5) is 9.80 Å². The van der Waals surface area contributed by atoms with E-state index in [9.17, 15) is 4.79 Å². The maximum Gasteiger partial charge on any atom is 0.411 e. The van der Waals surface area contributed by atoms with Gasteiger partial charge in [-0.1, -0.05) is 6.07 Å². The number of fused-ring (bicyclic) bond motifs is 2.